The largest absolute Gasteiger partial charge is 0.446 e. The van der Waals surface area contributed by atoms with Crippen LogP contribution in [0.5, 0.6) is 0 Å². The molecule has 1 aromatic heterocycles. The summed E-state index contributed by atoms with van der Waals surface area (Å²) in [5, 5.41) is 5.90. The molecular formula is C21H20N2O4S. The molecule has 1 N–H and O–H groups in total. The average Bonchev–Trinajstić information content (AvgIpc) is 3.11. The molecule has 144 valence electrons. The van der Waals surface area contributed by atoms with Gasteiger partial charge in [-0.25, -0.2) is 0 Å². The molecule has 28 heavy (non-hydrogen) atoms. The van der Waals surface area contributed by atoms with E-state index in [4.69, 9.17) is 9.26 Å². The van der Waals surface area contributed by atoms with Gasteiger partial charge in [0.15, 0.2) is 5.82 Å². The van der Waals surface area contributed by atoms with E-state index in [9.17, 15) is 9.59 Å². The number of ether oxygens (including phenoxy) is 1. The van der Waals surface area contributed by atoms with Gasteiger partial charge in [0.25, 0.3) is 5.91 Å². The van der Waals surface area contributed by atoms with E-state index in [0.717, 1.165) is 4.90 Å². The summed E-state index contributed by atoms with van der Waals surface area (Å²) >= 11 is 1.37. The zero-order valence-corrected chi connectivity index (χ0v) is 16.3. The molecule has 2 unspecified atom stereocenters. The number of anilines is 1. The first-order valence-electron chi connectivity index (χ1n) is 8.74. The number of nitrogens with one attached hydrogen (secondary N) is 1. The number of nitrogens with zero attached hydrogens (tertiary/aromatic N) is 1. The van der Waals surface area contributed by atoms with Gasteiger partial charge in [0.05, 0.1) is 0 Å². The highest BCUT2D eigenvalue weighted by molar-refractivity contribution is 8.00. The second-order valence-corrected chi connectivity index (χ2v) is 7.53. The van der Waals surface area contributed by atoms with Gasteiger partial charge in [0.1, 0.15) is 11.0 Å². The third-order valence-corrected chi connectivity index (χ3v) is 4.93. The number of carbonyl (C=O) groups is 2. The van der Waals surface area contributed by atoms with Crippen LogP contribution in [0, 0.1) is 6.92 Å². The van der Waals surface area contributed by atoms with Crippen molar-refractivity contribution in [2.24, 2.45) is 0 Å². The van der Waals surface area contributed by atoms with Crippen LogP contribution >= 0.6 is 11.8 Å². The van der Waals surface area contributed by atoms with Gasteiger partial charge >= 0.3 is 5.97 Å². The highest BCUT2D eigenvalue weighted by Gasteiger charge is 2.28. The molecule has 2 aromatic carbocycles. The fourth-order valence-electron chi connectivity index (χ4n) is 2.48. The van der Waals surface area contributed by atoms with E-state index in [1.165, 1.54) is 11.8 Å². The van der Waals surface area contributed by atoms with E-state index in [2.05, 4.69) is 10.5 Å². The summed E-state index contributed by atoms with van der Waals surface area (Å²) in [5.41, 5.74) is 0.575. The van der Waals surface area contributed by atoms with Crippen molar-refractivity contribution in [2.45, 2.75) is 30.1 Å². The Bertz CT molecular complexity index is 928. The molecule has 3 aromatic rings. The molecule has 6 nitrogen and oxygen atoms in total. The van der Waals surface area contributed by atoms with Crippen LogP contribution in [0.4, 0.5) is 5.82 Å². The van der Waals surface area contributed by atoms with Crippen LogP contribution in [-0.2, 0) is 14.3 Å². The molecule has 2 atom stereocenters. The van der Waals surface area contributed by atoms with Crippen molar-refractivity contribution in [3.63, 3.8) is 0 Å². The summed E-state index contributed by atoms with van der Waals surface area (Å²) in [6, 6.07) is 20.0. The zero-order valence-electron chi connectivity index (χ0n) is 15.5. The summed E-state index contributed by atoms with van der Waals surface area (Å²) in [6.07, 6.45) is -1.09. The number of benzene rings is 2. The maximum atomic E-state index is 12.8. The summed E-state index contributed by atoms with van der Waals surface area (Å²) in [7, 11) is 0. The molecule has 3 rings (SSSR count). The molecule has 0 radical (unpaired) electrons. The Morgan fingerprint density at radius 3 is 2.32 bits per heavy atom. The Morgan fingerprint density at radius 2 is 1.71 bits per heavy atom. The number of esters is 1. The number of aryl methyl sites for hydroxylation is 1. The predicted molar refractivity (Wildman–Crippen MR) is 107 cm³/mol. The lowest BCUT2D eigenvalue weighted by Gasteiger charge is -2.19. The summed E-state index contributed by atoms with van der Waals surface area (Å²) in [5.74, 6) is -0.137. The molecule has 1 amide bonds. The lowest BCUT2D eigenvalue weighted by molar-refractivity contribution is -0.153. The fourth-order valence-corrected chi connectivity index (χ4v) is 3.36. The van der Waals surface area contributed by atoms with Crippen LogP contribution in [0.15, 0.2) is 76.1 Å². The van der Waals surface area contributed by atoms with Crippen LogP contribution in [-0.4, -0.2) is 22.3 Å². The quantitative estimate of drug-likeness (QED) is 0.471. The molecule has 0 aliphatic rings. The zero-order chi connectivity index (χ0) is 19.9. The monoisotopic (exact) mass is 396 g/mol. The Labute approximate surface area is 167 Å². The summed E-state index contributed by atoms with van der Waals surface area (Å²) in [6.45, 7) is 3.47. The van der Waals surface area contributed by atoms with E-state index in [1.807, 2.05) is 36.4 Å². The van der Waals surface area contributed by atoms with Gasteiger partial charge in [-0.15, -0.1) is 11.8 Å². The second kappa shape index (κ2) is 9.23. The van der Waals surface area contributed by atoms with Crippen molar-refractivity contribution >= 4 is 29.5 Å². The Balaban J connectivity index is 1.73. The van der Waals surface area contributed by atoms with E-state index in [0.29, 0.717) is 11.3 Å². The summed E-state index contributed by atoms with van der Waals surface area (Å²) in [4.78, 5) is 26.3. The van der Waals surface area contributed by atoms with Crippen molar-refractivity contribution in [1.82, 2.24) is 5.16 Å². The first kappa shape index (κ1) is 19.7. The first-order chi connectivity index (χ1) is 13.5. The van der Waals surface area contributed by atoms with Gasteiger partial charge in [-0.05, 0) is 26.0 Å². The Morgan fingerprint density at radius 1 is 1.07 bits per heavy atom. The highest BCUT2D eigenvalue weighted by atomic mass is 32.2. The van der Waals surface area contributed by atoms with Gasteiger partial charge in [-0.2, -0.15) is 0 Å². The highest BCUT2D eigenvalue weighted by Crippen LogP contribution is 2.27. The number of amides is 1. The van der Waals surface area contributed by atoms with Gasteiger partial charge in [-0.1, -0.05) is 53.7 Å². The molecular weight excluding hydrogens is 376 g/mol. The fraction of sp³-hybridized carbons (Fsp3) is 0.190. The second-order valence-electron chi connectivity index (χ2n) is 6.11. The molecule has 7 heteroatoms. The van der Waals surface area contributed by atoms with Crippen LogP contribution in [0.1, 0.15) is 24.4 Å². The van der Waals surface area contributed by atoms with Crippen molar-refractivity contribution in [3.05, 3.63) is 78.1 Å². The minimum absolute atomic E-state index is 0.270. The van der Waals surface area contributed by atoms with E-state index in [-0.39, 0.29) is 5.82 Å². The van der Waals surface area contributed by atoms with Crippen LogP contribution < -0.4 is 5.32 Å². The minimum atomic E-state index is -1.09. The molecule has 0 aliphatic heterocycles. The molecule has 0 aliphatic carbocycles. The van der Waals surface area contributed by atoms with E-state index < -0.39 is 23.2 Å². The van der Waals surface area contributed by atoms with Crippen molar-refractivity contribution in [1.29, 1.82) is 0 Å². The minimum Gasteiger partial charge on any atom is -0.446 e. The molecule has 0 fully saturated rings. The van der Waals surface area contributed by atoms with Crippen molar-refractivity contribution < 1.29 is 18.8 Å². The standard InChI is InChI=1S/C21H20N2O4S/c1-14-13-18(23-27-14)22-20(24)19(16-9-5-3-6-10-16)26-21(25)15(2)28-17-11-7-4-8-12-17/h3-13,15,19H,1-2H3,(H,22,23,24). The lowest BCUT2D eigenvalue weighted by Crippen LogP contribution is -2.28. The van der Waals surface area contributed by atoms with Gasteiger partial charge in [0, 0.05) is 16.5 Å². The smallest absolute Gasteiger partial charge is 0.320 e. The number of hydrogen-bond donors (Lipinski definition) is 1. The number of aromatic nitrogens is 1. The molecule has 1 heterocycles. The molecule has 0 saturated carbocycles. The Kier molecular flexibility index (Phi) is 6.49. The van der Waals surface area contributed by atoms with Crippen molar-refractivity contribution in [2.75, 3.05) is 5.32 Å². The van der Waals surface area contributed by atoms with E-state index in [1.54, 1.807) is 44.2 Å². The number of carbonyl (C=O) groups excluding carboxylic acids is 2. The van der Waals surface area contributed by atoms with E-state index >= 15 is 0 Å². The van der Waals surface area contributed by atoms with Crippen LogP contribution in [0.2, 0.25) is 0 Å². The first-order valence-corrected chi connectivity index (χ1v) is 9.62. The SMILES string of the molecule is Cc1cc(NC(=O)C(OC(=O)C(C)Sc2ccccc2)c2ccccc2)no1. The number of hydrogen-bond acceptors (Lipinski definition) is 6. The van der Waals surface area contributed by atoms with Gasteiger partial charge < -0.3 is 14.6 Å². The third-order valence-electron chi connectivity index (χ3n) is 3.84. The topological polar surface area (TPSA) is 81.4 Å². The van der Waals surface area contributed by atoms with Gasteiger partial charge in [-0.3, -0.25) is 9.59 Å². The normalized spacial score (nSPS) is 12.8. The number of rotatable bonds is 7. The third kappa shape index (κ3) is 5.23. The predicted octanol–water partition coefficient (Wildman–Crippen LogP) is 4.39. The molecule has 0 bridgehead atoms. The van der Waals surface area contributed by atoms with Crippen molar-refractivity contribution in [3.8, 4) is 0 Å². The molecule has 0 spiro atoms. The lowest BCUT2D eigenvalue weighted by atomic mass is 10.1. The molecule has 0 saturated heterocycles. The van der Waals surface area contributed by atoms with Crippen LogP contribution in [0.25, 0.3) is 0 Å². The maximum absolute atomic E-state index is 12.8. The Hall–Kier alpha value is -3.06. The van der Waals surface area contributed by atoms with Gasteiger partial charge in [0.2, 0.25) is 6.10 Å². The maximum Gasteiger partial charge on any atom is 0.320 e. The number of thioether (sulfide) groups is 1. The summed E-state index contributed by atoms with van der Waals surface area (Å²) < 4.78 is 10.5. The van der Waals surface area contributed by atoms with Crippen LogP contribution in [0.3, 0.4) is 0 Å². The average molecular weight is 396 g/mol.